The lowest BCUT2D eigenvalue weighted by atomic mass is 9.70. The van der Waals surface area contributed by atoms with Crippen molar-refractivity contribution in [2.45, 2.75) is 73.2 Å². The summed E-state index contributed by atoms with van der Waals surface area (Å²) in [7, 11) is 0. The van der Waals surface area contributed by atoms with Gasteiger partial charge in [-0.2, -0.15) is 0 Å². The van der Waals surface area contributed by atoms with Crippen molar-refractivity contribution in [1.82, 2.24) is 9.80 Å². The van der Waals surface area contributed by atoms with Gasteiger partial charge in [0, 0.05) is 48.6 Å². The zero-order chi connectivity index (χ0) is 31.1. The molecule has 8 nitrogen and oxygen atoms in total. The summed E-state index contributed by atoms with van der Waals surface area (Å²) in [5.41, 5.74) is 0.715. The molecule has 3 aliphatic heterocycles. The van der Waals surface area contributed by atoms with Crippen LogP contribution in [0, 0.1) is 11.8 Å². The average molecular weight is 677 g/mol. The molecule has 3 aliphatic rings. The van der Waals surface area contributed by atoms with Crippen LogP contribution in [-0.4, -0.2) is 92.9 Å². The standard InChI is InChI=1S/C33H46BrN3O5S/c1-5-9-10-19-35(17-6-2)32(41)29-33-22-25(34)28(43-33)26(27(33)31(40)37(29)20-11-12-21-38)30(39)36(18-7-3)23-13-15-24(16-14-23)42-8-4/h6-7,13-16,25-29,38H,2-3,5,8-12,17-22H2,1,4H3/t25?,26-,27+,28-,29?,33?/m1/s1. The van der Waals surface area contributed by atoms with Gasteiger partial charge in [0.15, 0.2) is 0 Å². The molecule has 1 spiro atoms. The van der Waals surface area contributed by atoms with Crippen molar-refractivity contribution in [2.75, 3.05) is 44.3 Å². The number of alkyl halides is 1. The van der Waals surface area contributed by atoms with Crippen LogP contribution in [0.25, 0.3) is 0 Å². The minimum atomic E-state index is -0.713. The Kier molecular flexibility index (Phi) is 11.8. The van der Waals surface area contributed by atoms with Crippen LogP contribution in [0.2, 0.25) is 0 Å². The minimum absolute atomic E-state index is 0.0120. The largest absolute Gasteiger partial charge is 0.494 e. The number of rotatable bonds is 17. The monoisotopic (exact) mass is 675 g/mol. The van der Waals surface area contributed by atoms with E-state index in [-0.39, 0.29) is 34.4 Å². The molecule has 43 heavy (non-hydrogen) atoms. The van der Waals surface area contributed by atoms with Crippen molar-refractivity contribution < 1.29 is 24.2 Å². The van der Waals surface area contributed by atoms with Gasteiger partial charge in [-0.25, -0.2) is 0 Å². The number of anilines is 1. The minimum Gasteiger partial charge on any atom is -0.494 e. The fourth-order valence-corrected chi connectivity index (χ4v) is 10.6. The number of aliphatic hydroxyl groups is 1. The van der Waals surface area contributed by atoms with Gasteiger partial charge in [-0.1, -0.05) is 47.8 Å². The third-order valence-corrected chi connectivity index (χ3v) is 12.1. The van der Waals surface area contributed by atoms with Gasteiger partial charge >= 0.3 is 0 Å². The summed E-state index contributed by atoms with van der Waals surface area (Å²) in [5, 5.41) is 9.34. The van der Waals surface area contributed by atoms with E-state index in [1.54, 1.807) is 33.7 Å². The van der Waals surface area contributed by atoms with Crippen LogP contribution in [0.1, 0.15) is 52.4 Å². The second-order valence-corrected chi connectivity index (χ2v) is 14.3. The Bertz CT molecular complexity index is 1170. The van der Waals surface area contributed by atoms with Crippen molar-refractivity contribution in [2.24, 2.45) is 11.8 Å². The van der Waals surface area contributed by atoms with E-state index in [1.807, 2.05) is 36.1 Å². The van der Waals surface area contributed by atoms with Crippen LogP contribution >= 0.6 is 27.7 Å². The molecule has 0 saturated carbocycles. The van der Waals surface area contributed by atoms with E-state index >= 15 is 0 Å². The quantitative estimate of drug-likeness (QED) is 0.141. The number of halogens is 1. The first-order valence-corrected chi connectivity index (χ1v) is 17.4. The second-order valence-electron chi connectivity index (χ2n) is 11.6. The maximum absolute atomic E-state index is 14.5. The Hall–Kier alpha value is -2.30. The number of likely N-dealkylation sites (tertiary alicyclic amines) is 1. The lowest BCUT2D eigenvalue weighted by Gasteiger charge is -2.38. The number of aliphatic hydroxyl groups excluding tert-OH is 1. The fourth-order valence-electron chi connectivity index (χ4n) is 7.02. The Morgan fingerprint density at radius 1 is 1.12 bits per heavy atom. The third kappa shape index (κ3) is 6.57. The number of ether oxygens (including phenoxy) is 1. The molecule has 1 aromatic carbocycles. The topological polar surface area (TPSA) is 90.4 Å². The maximum atomic E-state index is 14.5. The SMILES string of the molecule is C=CCN(CCCCC)C(=O)C1N(CCCCO)C(=O)[C@@H]2[C@@H](C(=O)N(CC=C)c3ccc(OCC)cc3)[C@@H]3SC12CC3Br. The van der Waals surface area contributed by atoms with Crippen LogP contribution in [0.4, 0.5) is 5.69 Å². The molecule has 0 aliphatic carbocycles. The molecule has 0 aromatic heterocycles. The van der Waals surface area contributed by atoms with Crippen molar-refractivity contribution in [3.05, 3.63) is 49.6 Å². The summed E-state index contributed by atoms with van der Waals surface area (Å²) in [6.45, 7) is 14.1. The predicted molar refractivity (Wildman–Crippen MR) is 177 cm³/mol. The number of carbonyl (C=O) groups is 3. The van der Waals surface area contributed by atoms with Gasteiger partial charge in [0.05, 0.1) is 23.2 Å². The molecule has 1 N–H and O–H groups in total. The lowest BCUT2D eigenvalue weighted by Crippen LogP contribution is -2.56. The van der Waals surface area contributed by atoms with Gasteiger partial charge in [-0.05, 0) is 56.9 Å². The molecule has 3 fully saturated rings. The van der Waals surface area contributed by atoms with E-state index < -0.39 is 22.6 Å². The molecule has 3 amide bonds. The lowest BCUT2D eigenvalue weighted by molar-refractivity contribution is -0.142. The number of benzene rings is 1. The van der Waals surface area contributed by atoms with Crippen molar-refractivity contribution in [1.29, 1.82) is 0 Å². The number of nitrogens with zero attached hydrogens (tertiary/aromatic N) is 3. The normalized spacial score (nSPS) is 27.2. The van der Waals surface area contributed by atoms with Gasteiger partial charge in [-0.15, -0.1) is 24.9 Å². The van der Waals surface area contributed by atoms with E-state index in [1.165, 1.54) is 0 Å². The number of amides is 3. The van der Waals surface area contributed by atoms with Gasteiger partial charge < -0.3 is 24.5 Å². The second kappa shape index (κ2) is 15.1. The number of thioether (sulfide) groups is 1. The van der Waals surface area contributed by atoms with Gasteiger partial charge in [-0.3, -0.25) is 14.4 Å². The van der Waals surface area contributed by atoms with Crippen LogP contribution in [-0.2, 0) is 14.4 Å². The average Bonchev–Trinajstić information content (AvgIpc) is 3.59. The van der Waals surface area contributed by atoms with E-state index in [0.717, 1.165) is 25.0 Å². The molecule has 3 unspecified atom stereocenters. The number of fused-ring (bicyclic) bond motifs is 1. The molecule has 3 heterocycles. The predicted octanol–water partition coefficient (Wildman–Crippen LogP) is 5.05. The molecule has 1 aromatic rings. The summed E-state index contributed by atoms with van der Waals surface area (Å²) >= 11 is 5.53. The molecular formula is C33H46BrN3O5S. The fraction of sp³-hybridized carbons (Fsp3) is 0.606. The first-order chi connectivity index (χ1) is 20.8. The van der Waals surface area contributed by atoms with E-state index in [9.17, 15) is 19.5 Å². The molecule has 4 rings (SSSR count). The van der Waals surface area contributed by atoms with E-state index in [0.29, 0.717) is 57.7 Å². The molecule has 236 valence electrons. The van der Waals surface area contributed by atoms with Gasteiger partial charge in [0.1, 0.15) is 11.8 Å². The molecule has 0 radical (unpaired) electrons. The number of hydrogen-bond acceptors (Lipinski definition) is 6. The highest BCUT2D eigenvalue weighted by molar-refractivity contribution is 9.09. The van der Waals surface area contributed by atoms with Gasteiger partial charge in [0.2, 0.25) is 17.7 Å². The summed E-state index contributed by atoms with van der Waals surface area (Å²) in [6.07, 6.45) is 8.15. The molecule has 10 heteroatoms. The van der Waals surface area contributed by atoms with Crippen LogP contribution in [0.5, 0.6) is 5.75 Å². The highest BCUT2D eigenvalue weighted by Gasteiger charge is 2.76. The number of carbonyl (C=O) groups excluding carboxylic acids is 3. The molecule has 3 saturated heterocycles. The molecule has 2 bridgehead atoms. The first-order valence-electron chi connectivity index (χ1n) is 15.6. The highest BCUT2D eigenvalue weighted by Crippen LogP contribution is 2.68. The molecular weight excluding hydrogens is 630 g/mol. The van der Waals surface area contributed by atoms with E-state index in [4.69, 9.17) is 4.74 Å². The van der Waals surface area contributed by atoms with Crippen LogP contribution in [0.3, 0.4) is 0 Å². The zero-order valence-corrected chi connectivity index (χ0v) is 27.9. The van der Waals surface area contributed by atoms with Gasteiger partial charge in [0.25, 0.3) is 0 Å². The molecule has 6 atom stereocenters. The third-order valence-electron chi connectivity index (χ3n) is 8.85. The summed E-state index contributed by atoms with van der Waals surface area (Å²) in [4.78, 5) is 48.7. The van der Waals surface area contributed by atoms with E-state index in [2.05, 4.69) is 36.0 Å². The van der Waals surface area contributed by atoms with Crippen molar-refractivity contribution in [3.63, 3.8) is 0 Å². The Balaban J connectivity index is 1.72. The maximum Gasteiger partial charge on any atom is 0.247 e. The highest BCUT2D eigenvalue weighted by atomic mass is 79.9. The first kappa shape index (κ1) is 33.6. The Morgan fingerprint density at radius 2 is 1.84 bits per heavy atom. The number of unbranched alkanes of at least 4 members (excludes halogenated alkanes) is 3. The van der Waals surface area contributed by atoms with Crippen molar-refractivity contribution in [3.8, 4) is 5.75 Å². The van der Waals surface area contributed by atoms with Crippen LogP contribution < -0.4 is 9.64 Å². The summed E-state index contributed by atoms with van der Waals surface area (Å²) in [5.74, 6) is -0.787. The number of hydrogen-bond donors (Lipinski definition) is 1. The van der Waals surface area contributed by atoms with Crippen molar-refractivity contribution >= 4 is 51.1 Å². The Morgan fingerprint density at radius 3 is 2.47 bits per heavy atom. The zero-order valence-electron chi connectivity index (χ0n) is 25.5. The summed E-state index contributed by atoms with van der Waals surface area (Å²) in [6, 6.07) is 6.75. The Labute approximate surface area is 269 Å². The van der Waals surface area contributed by atoms with Crippen LogP contribution in [0.15, 0.2) is 49.6 Å². The smallest absolute Gasteiger partial charge is 0.247 e. The summed E-state index contributed by atoms with van der Waals surface area (Å²) < 4.78 is 4.88.